The van der Waals surface area contributed by atoms with Crippen molar-refractivity contribution < 1.29 is 0 Å². The highest BCUT2D eigenvalue weighted by atomic mass is 15.1. The molecule has 2 aliphatic rings. The topological polar surface area (TPSA) is 3.24 Å². The van der Waals surface area contributed by atoms with Crippen molar-refractivity contribution in [2.24, 2.45) is 0 Å². The second-order valence-electron chi connectivity index (χ2n) is 4.56. The molecule has 1 aromatic rings. The Bertz CT molecular complexity index is 394. The lowest BCUT2D eigenvalue weighted by atomic mass is 9.82. The standard InChI is InChI=1S/C13H15N.C2H6/c1-14-9-8-13(10-14)7-6-11-4-2-3-5-12(11)13;1-2/h2-7H,8-10H2,1H3;1-2H3. The van der Waals surface area contributed by atoms with Crippen molar-refractivity contribution >= 4 is 6.08 Å². The third kappa shape index (κ3) is 1.69. The van der Waals surface area contributed by atoms with Crippen LogP contribution >= 0.6 is 0 Å². The molecule has 1 nitrogen and oxygen atoms in total. The molecule has 1 unspecified atom stereocenters. The lowest BCUT2D eigenvalue weighted by molar-refractivity contribution is 0.396. The van der Waals surface area contributed by atoms with Crippen LogP contribution in [-0.4, -0.2) is 25.0 Å². The van der Waals surface area contributed by atoms with E-state index < -0.39 is 0 Å². The molecule has 0 saturated carbocycles. The van der Waals surface area contributed by atoms with Crippen LogP contribution in [0.3, 0.4) is 0 Å². The first-order valence-corrected chi connectivity index (χ1v) is 6.27. The van der Waals surface area contributed by atoms with E-state index in [0.717, 1.165) is 0 Å². The molecule has 0 N–H and O–H groups in total. The SMILES string of the molecule is CC.CN1CCC2(C=Cc3ccccc32)C1. The Morgan fingerprint density at radius 3 is 2.62 bits per heavy atom. The van der Waals surface area contributed by atoms with Gasteiger partial charge in [0.05, 0.1) is 0 Å². The molecule has 1 atom stereocenters. The highest BCUT2D eigenvalue weighted by molar-refractivity contribution is 5.65. The van der Waals surface area contributed by atoms with E-state index in [1.165, 1.54) is 30.6 Å². The van der Waals surface area contributed by atoms with Crippen molar-refractivity contribution in [2.75, 3.05) is 20.1 Å². The van der Waals surface area contributed by atoms with Gasteiger partial charge >= 0.3 is 0 Å². The minimum absolute atomic E-state index is 0.339. The van der Waals surface area contributed by atoms with Crippen LogP contribution in [0, 0.1) is 0 Å². The second kappa shape index (κ2) is 4.42. The minimum Gasteiger partial charge on any atom is -0.305 e. The third-order valence-corrected chi connectivity index (χ3v) is 3.57. The fourth-order valence-corrected chi connectivity index (χ4v) is 2.82. The first-order chi connectivity index (χ1) is 7.80. The predicted molar refractivity (Wildman–Crippen MR) is 70.6 cm³/mol. The molecule has 0 aromatic heterocycles. The maximum atomic E-state index is 2.42. The van der Waals surface area contributed by atoms with E-state index in [4.69, 9.17) is 0 Å². The molecule has 0 bridgehead atoms. The fourth-order valence-electron chi connectivity index (χ4n) is 2.82. The van der Waals surface area contributed by atoms with Crippen LogP contribution in [0.5, 0.6) is 0 Å². The molecule has 1 heterocycles. The fraction of sp³-hybridized carbons (Fsp3) is 0.467. The van der Waals surface area contributed by atoms with Gasteiger partial charge in [0.2, 0.25) is 0 Å². The quantitative estimate of drug-likeness (QED) is 0.642. The molecular weight excluding hydrogens is 194 g/mol. The van der Waals surface area contributed by atoms with E-state index in [2.05, 4.69) is 48.4 Å². The van der Waals surface area contributed by atoms with E-state index in [1.54, 1.807) is 0 Å². The van der Waals surface area contributed by atoms with E-state index in [1.807, 2.05) is 13.8 Å². The summed E-state index contributed by atoms with van der Waals surface area (Å²) in [4.78, 5) is 2.42. The first-order valence-electron chi connectivity index (χ1n) is 6.27. The molecule has 0 radical (unpaired) electrons. The van der Waals surface area contributed by atoms with Gasteiger partial charge in [0.25, 0.3) is 0 Å². The van der Waals surface area contributed by atoms with E-state index >= 15 is 0 Å². The first kappa shape index (κ1) is 11.4. The average Bonchev–Trinajstić information content (AvgIpc) is 2.89. The van der Waals surface area contributed by atoms with Crippen molar-refractivity contribution in [1.29, 1.82) is 0 Å². The van der Waals surface area contributed by atoms with Crippen molar-refractivity contribution in [3.63, 3.8) is 0 Å². The number of fused-ring (bicyclic) bond motifs is 2. The van der Waals surface area contributed by atoms with Gasteiger partial charge < -0.3 is 4.90 Å². The summed E-state index contributed by atoms with van der Waals surface area (Å²) in [6, 6.07) is 8.79. The largest absolute Gasteiger partial charge is 0.305 e. The highest BCUT2D eigenvalue weighted by Crippen LogP contribution is 2.42. The molecule has 0 amide bonds. The van der Waals surface area contributed by atoms with Crippen LogP contribution in [-0.2, 0) is 5.41 Å². The molecule has 3 rings (SSSR count). The Morgan fingerprint density at radius 1 is 1.19 bits per heavy atom. The van der Waals surface area contributed by atoms with Crippen molar-refractivity contribution in [3.05, 3.63) is 41.5 Å². The Morgan fingerprint density at radius 2 is 1.94 bits per heavy atom. The molecule has 1 aliphatic heterocycles. The summed E-state index contributed by atoms with van der Waals surface area (Å²) >= 11 is 0. The van der Waals surface area contributed by atoms with Gasteiger partial charge in [-0.3, -0.25) is 0 Å². The number of rotatable bonds is 0. The Kier molecular flexibility index (Phi) is 3.15. The zero-order valence-corrected chi connectivity index (χ0v) is 10.5. The molecule has 86 valence electrons. The van der Waals surface area contributed by atoms with Crippen LogP contribution in [0.25, 0.3) is 6.08 Å². The van der Waals surface area contributed by atoms with Crippen LogP contribution in [0.4, 0.5) is 0 Å². The molecule has 1 fully saturated rings. The van der Waals surface area contributed by atoms with Crippen LogP contribution in [0.2, 0.25) is 0 Å². The normalized spacial score (nSPS) is 26.7. The Balaban J connectivity index is 0.000000457. The van der Waals surface area contributed by atoms with Gasteiger partial charge in [-0.25, -0.2) is 0 Å². The summed E-state index contributed by atoms with van der Waals surface area (Å²) in [6.45, 7) is 6.40. The maximum Gasteiger partial charge on any atom is 0.0280 e. The molecule has 1 aliphatic carbocycles. The summed E-state index contributed by atoms with van der Waals surface area (Å²) in [6.07, 6.45) is 5.96. The van der Waals surface area contributed by atoms with Gasteiger partial charge in [-0.1, -0.05) is 50.3 Å². The molecule has 1 aromatic carbocycles. The number of hydrogen-bond acceptors (Lipinski definition) is 1. The van der Waals surface area contributed by atoms with E-state index in [9.17, 15) is 0 Å². The summed E-state index contributed by atoms with van der Waals surface area (Å²) in [5.74, 6) is 0. The second-order valence-corrected chi connectivity index (χ2v) is 4.56. The van der Waals surface area contributed by atoms with Crippen LogP contribution in [0.1, 0.15) is 31.4 Å². The zero-order chi connectivity index (χ0) is 11.6. The highest BCUT2D eigenvalue weighted by Gasteiger charge is 2.39. The van der Waals surface area contributed by atoms with E-state index in [0.29, 0.717) is 5.41 Å². The van der Waals surface area contributed by atoms with Crippen molar-refractivity contribution in [3.8, 4) is 0 Å². The maximum absolute atomic E-state index is 2.42. The third-order valence-electron chi connectivity index (χ3n) is 3.57. The van der Waals surface area contributed by atoms with Crippen LogP contribution in [0.15, 0.2) is 30.3 Å². The summed E-state index contributed by atoms with van der Waals surface area (Å²) < 4.78 is 0. The van der Waals surface area contributed by atoms with Crippen LogP contribution < -0.4 is 0 Å². The van der Waals surface area contributed by atoms with Gasteiger partial charge in [0.1, 0.15) is 0 Å². The molecule has 1 spiro atoms. The minimum atomic E-state index is 0.339. The monoisotopic (exact) mass is 215 g/mol. The molecule has 16 heavy (non-hydrogen) atoms. The zero-order valence-electron chi connectivity index (χ0n) is 10.5. The lowest BCUT2D eigenvalue weighted by Gasteiger charge is -2.23. The predicted octanol–water partition coefficient (Wildman–Crippen LogP) is 3.31. The van der Waals surface area contributed by atoms with Gasteiger partial charge in [0.15, 0.2) is 0 Å². The van der Waals surface area contributed by atoms with Gasteiger partial charge in [-0.2, -0.15) is 0 Å². The number of hydrogen-bond donors (Lipinski definition) is 0. The van der Waals surface area contributed by atoms with Gasteiger partial charge in [-0.15, -0.1) is 0 Å². The number of likely N-dealkylation sites (tertiary alicyclic amines) is 1. The summed E-state index contributed by atoms with van der Waals surface area (Å²) in [5.41, 5.74) is 3.29. The van der Waals surface area contributed by atoms with E-state index in [-0.39, 0.29) is 0 Å². The lowest BCUT2D eigenvalue weighted by Crippen LogP contribution is -2.25. The van der Waals surface area contributed by atoms with Gasteiger partial charge in [0, 0.05) is 12.0 Å². The van der Waals surface area contributed by atoms with Gasteiger partial charge in [-0.05, 0) is 31.1 Å². The number of nitrogens with zero attached hydrogens (tertiary/aromatic N) is 1. The molecular formula is C15H21N. The Labute approximate surface area is 98.8 Å². The molecule has 1 heteroatoms. The molecule has 1 saturated heterocycles. The smallest absolute Gasteiger partial charge is 0.0280 e. The average molecular weight is 215 g/mol. The number of likely N-dealkylation sites (N-methyl/N-ethyl adjacent to an activating group) is 1. The van der Waals surface area contributed by atoms with Crippen molar-refractivity contribution in [2.45, 2.75) is 25.7 Å². The summed E-state index contributed by atoms with van der Waals surface area (Å²) in [5, 5.41) is 0. The number of benzene rings is 1. The Hall–Kier alpha value is -1.08. The summed E-state index contributed by atoms with van der Waals surface area (Å²) in [7, 11) is 2.21. The van der Waals surface area contributed by atoms with Crippen molar-refractivity contribution in [1.82, 2.24) is 4.90 Å².